The summed E-state index contributed by atoms with van der Waals surface area (Å²) in [5.41, 5.74) is 0.987. The maximum Gasteiger partial charge on any atom is 0.134 e. The van der Waals surface area contributed by atoms with E-state index in [0.717, 1.165) is 16.6 Å². The minimum absolute atomic E-state index is 0.278. The molecule has 20 heavy (non-hydrogen) atoms. The third kappa shape index (κ3) is 2.89. The second-order valence-electron chi connectivity index (χ2n) is 5.74. The van der Waals surface area contributed by atoms with Gasteiger partial charge >= 0.3 is 0 Å². The van der Waals surface area contributed by atoms with Crippen LogP contribution in [0.1, 0.15) is 44.4 Å². The Morgan fingerprint density at radius 1 is 1.25 bits per heavy atom. The summed E-state index contributed by atoms with van der Waals surface area (Å²) in [4.78, 5) is 0. The van der Waals surface area contributed by atoms with Gasteiger partial charge in [0.15, 0.2) is 0 Å². The van der Waals surface area contributed by atoms with Crippen molar-refractivity contribution in [3.8, 4) is 0 Å². The third-order valence-electron chi connectivity index (χ3n) is 4.34. The number of hydrogen-bond acceptors (Lipinski definition) is 3. The molecule has 0 aliphatic heterocycles. The maximum absolute atomic E-state index is 5.97. The molecule has 0 spiro atoms. The standard InChI is InChI=1S/C17H23NOS/c1-12(18-14-8-4-6-10-17(14)20-2)16-11-13-7-3-5-9-15(13)19-16/h3,5,7,9,11-12,14,17-18H,4,6,8,10H2,1-2H3. The van der Waals surface area contributed by atoms with Crippen LogP contribution in [0.5, 0.6) is 0 Å². The highest BCUT2D eigenvalue weighted by Crippen LogP contribution is 2.30. The summed E-state index contributed by atoms with van der Waals surface area (Å²) in [6.07, 6.45) is 7.59. The number of rotatable bonds is 4. The summed E-state index contributed by atoms with van der Waals surface area (Å²) in [5, 5.41) is 5.72. The number of hydrogen-bond donors (Lipinski definition) is 1. The minimum atomic E-state index is 0.278. The molecule has 0 radical (unpaired) electrons. The van der Waals surface area contributed by atoms with E-state index in [2.05, 4.69) is 36.7 Å². The molecule has 1 heterocycles. The molecule has 3 unspecified atom stereocenters. The summed E-state index contributed by atoms with van der Waals surface area (Å²) in [6, 6.07) is 11.3. The van der Waals surface area contributed by atoms with Crippen LogP contribution in [0.25, 0.3) is 11.0 Å². The highest BCUT2D eigenvalue weighted by Gasteiger charge is 2.26. The van der Waals surface area contributed by atoms with Gasteiger partial charge in [0.05, 0.1) is 6.04 Å². The summed E-state index contributed by atoms with van der Waals surface area (Å²) < 4.78 is 5.97. The van der Waals surface area contributed by atoms with Crippen molar-refractivity contribution in [2.75, 3.05) is 6.26 Å². The molecule has 0 saturated heterocycles. The first-order chi connectivity index (χ1) is 9.78. The molecule has 1 aliphatic rings. The van der Waals surface area contributed by atoms with Gasteiger partial charge in [0.1, 0.15) is 11.3 Å². The fraction of sp³-hybridized carbons (Fsp3) is 0.529. The first-order valence-electron chi connectivity index (χ1n) is 7.55. The summed E-state index contributed by atoms with van der Waals surface area (Å²) >= 11 is 2.00. The smallest absolute Gasteiger partial charge is 0.134 e. The van der Waals surface area contributed by atoms with Crippen molar-refractivity contribution in [2.45, 2.75) is 49.9 Å². The van der Waals surface area contributed by atoms with Gasteiger partial charge < -0.3 is 9.73 Å². The monoisotopic (exact) mass is 289 g/mol. The average molecular weight is 289 g/mol. The molecule has 1 aromatic carbocycles. The van der Waals surface area contributed by atoms with E-state index in [4.69, 9.17) is 4.42 Å². The third-order valence-corrected chi connectivity index (χ3v) is 5.51. The molecule has 2 aromatic rings. The molecule has 3 rings (SSSR count). The van der Waals surface area contributed by atoms with Crippen LogP contribution < -0.4 is 5.32 Å². The largest absolute Gasteiger partial charge is 0.459 e. The van der Waals surface area contributed by atoms with E-state index in [9.17, 15) is 0 Å². The van der Waals surface area contributed by atoms with Crippen LogP contribution in [0.2, 0.25) is 0 Å². The lowest BCUT2D eigenvalue weighted by molar-refractivity contribution is 0.335. The fourth-order valence-electron chi connectivity index (χ4n) is 3.19. The van der Waals surface area contributed by atoms with Gasteiger partial charge in [-0.25, -0.2) is 0 Å². The number of furan rings is 1. The van der Waals surface area contributed by atoms with Gasteiger partial charge in [-0.15, -0.1) is 0 Å². The first-order valence-corrected chi connectivity index (χ1v) is 8.84. The molecule has 1 aliphatic carbocycles. The van der Waals surface area contributed by atoms with Gasteiger partial charge in [-0.1, -0.05) is 31.0 Å². The second kappa shape index (κ2) is 6.23. The summed E-state index contributed by atoms with van der Waals surface area (Å²) in [7, 11) is 0. The van der Waals surface area contributed by atoms with Crippen LogP contribution in [0.3, 0.4) is 0 Å². The Bertz CT molecular complexity index is 532. The van der Waals surface area contributed by atoms with Crippen LogP contribution in [0, 0.1) is 0 Å². The van der Waals surface area contributed by atoms with Crippen LogP contribution in [-0.2, 0) is 0 Å². The Morgan fingerprint density at radius 3 is 2.85 bits per heavy atom. The maximum atomic E-state index is 5.97. The average Bonchev–Trinajstić information content (AvgIpc) is 2.92. The zero-order chi connectivity index (χ0) is 13.9. The summed E-state index contributed by atoms with van der Waals surface area (Å²) in [5.74, 6) is 1.05. The Morgan fingerprint density at radius 2 is 2.05 bits per heavy atom. The predicted octanol–water partition coefficient (Wildman–Crippen LogP) is 4.76. The lowest BCUT2D eigenvalue weighted by atomic mass is 9.94. The molecule has 1 saturated carbocycles. The van der Waals surface area contributed by atoms with E-state index < -0.39 is 0 Å². The van der Waals surface area contributed by atoms with E-state index in [1.165, 1.54) is 31.1 Å². The molecule has 2 nitrogen and oxygen atoms in total. The van der Waals surface area contributed by atoms with Crippen molar-refractivity contribution < 1.29 is 4.42 Å². The van der Waals surface area contributed by atoms with E-state index >= 15 is 0 Å². The van der Waals surface area contributed by atoms with Crippen LogP contribution in [-0.4, -0.2) is 17.5 Å². The van der Waals surface area contributed by atoms with Crippen LogP contribution in [0.4, 0.5) is 0 Å². The van der Waals surface area contributed by atoms with Crippen molar-refractivity contribution in [2.24, 2.45) is 0 Å². The minimum Gasteiger partial charge on any atom is -0.459 e. The molecular weight excluding hydrogens is 266 g/mol. The zero-order valence-corrected chi connectivity index (χ0v) is 13.1. The molecule has 1 N–H and O–H groups in total. The SMILES string of the molecule is CSC1CCCCC1NC(C)c1cc2ccccc2o1. The lowest BCUT2D eigenvalue weighted by Gasteiger charge is -2.32. The zero-order valence-electron chi connectivity index (χ0n) is 12.3. The Balaban J connectivity index is 1.73. The van der Waals surface area contributed by atoms with Crippen molar-refractivity contribution in [3.05, 3.63) is 36.1 Å². The highest BCUT2D eigenvalue weighted by atomic mass is 32.2. The van der Waals surface area contributed by atoms with Crippen molar-refractivity contribution in [3.63, 3.8) is 0 Å². The normalized spacial score (nSPS) is 24.9. The molecule has 3 heteroatoms. The van der Waals surface area contributed by atoms with E-state index in [0.29, 0.717) is 6.04 Å². The van der Waals surface area contributed by atoms with Gasteiger partial charge in [-0.05, 0) is 38.2 Å². The molecule has 0 amide bonds. The number of thioether (sulfide) groups is 1. The van der Waals surface area contributed by atoms with Crippen LogP contribution >= 0.6 is 11.8 Å². The first kappa shape index (κ1) is 14.0. The van der Waals surface area contributed by atoms with Gasteiger partial charge in [0, 0.05) is 16.7 Å². The van der Waals surface area contributed by atoms with Crippen LogP contribution in [0.15, 0.2) is 34.7 Å². The Hall–Kier alpha value is -0.930. The molecule has 1 fully saturated rings. The number of nitrogens with one attached hydrogen (secondary N) is 1. The second-order valence-corrected chi connectivity index (χ2v) is 6.82. The number of benzene rings is 1. The molecule has 1 aromatic heterocycles. The quantitative estimate of drug-likeness (QED) is 0.878. The fourth-order valence-corrected chi connectivity index (χ4v) is 4.13. The van der Waals surface area contributed by atoms with Crippen molar-refractivity contribution in [1.29, 1.82) is 0 Å². The number of fused-ring (bicyclic) bond motifs is 1. The van der Waals surface area contributed by atoms with Crippen molar-refractivity contribution >= 4 is 22.7 Å². The Labute approximate surface area is 125 Å². The van der Waals surface area contributed by atoms with Crippen molar-refractivity contribution in [1.82, 2.24) is 5.32 Å². The van der Waals surface area contributed by atoms with E-state index in [1.54, 1.807) is 0 Å². The topological polar surface area (TPSA) is 25.2 Å². The van der Waals surface area contributed by atoms with E-state index in [1.807, 2.05) is 23.9 Å². The highest BCUT2D eigenvalue weighted by molar-refractivity contribution is 7.99. The van der Waals surface area contributed by atoms with E-state index in [-0.39, 0.29) is 6.04 Å². The molecule has 3 atom stereocenters. The summed E-state index contributed by atoms with van der Waals surface area (Å²) in [6.45, 7) is 2.21. The van der Waals surface area contributed by atoms with Gasteiger partial charge in [0.25, 0.3) is 0 Å². The Kier molecular flexibility index (Phi) is 4.37. The predicted molar refractivity (Wildman–Crippen MR) is 87.3 cm³/mol. The van der Waals surface area contributed by atoms with Gasteiger partial charge in [-0.2, -0.15) is 11.8 Å². The molecular formula is C17H23NOS. The number of para-hydroxylation sites is 1. The molecule has 0 bridgehead atoms. The van der Waals surface area contributed by atoms with Gasteiger partial charge in [-0.3, -0.25) is 0 Å². The molecule has 108 valence electrons. The van der Waals surface area contributed by atoms with Gasteiger partial charge in [0.2, 0.25) is 0 Å². The lowest BCUT2D eigenvalue weighted by Crippen LogP contribution is -2.41.